The number of hydrogen-bond acceptors (Lipinski definition) is 2. The summed E-state index contributed by atoms with van der Waals surface area (Å²) in [6, 6.07) is 0. The van der Waals surface area contributed by atoms with Crippen molar-refractivity contribution in [3.63, 3.8) is 0 Å². The summed E-state index contributed by atoms with van der Waals surface area (Å²) in [5.41, 5.74) is -1.73. The van der Waals surface area contributed by atoms with Crippen molar-refractivity contribution in [1.29, 1.82) is 0 Å². The van der Waals surface area contributed by atoms with Crippen LogP contribution in [0.5, 0.6) is 0 Å². The molecule has 0 aliphatic carbocycles. The Bertz CT molecular complexity index is 196. The molecular formula is C5H7OPS2. The van der Waals surface area contributed by atoms with Gasteiger partial charge in [0.15, 0.2) is 0 Å². The quantitative estimate of drug-likeness (QED) is 0.343. The second-order valence-corrected chi connectivity index (χ2v) is 8.36. The zero-order valence-electron chi connectivity index (χ0n) is 4.78. The van der Waals surface area contributed by atoms with Gasteiger partial charge in [-0.05, 0) is 6.42 Å². The molecule has 0 bridgehead atoms. The molecule has 2 atom stereocenters. The highest BCUT2D eigenvalue weighted by Crippen LogP contribution is 2.58. The van der Waals surface area contributed by atoms with Gasteiger partial charge in [-0.3, -0.25) is 0 Å². The lowest BCUT2D eigenvalue weighted by Crippen LogP contribution is -1.96. The van der Waals surface area contributed by atoms with Gasteiger partial charge in [-0.25, -0.2) is 0 Å². The van der Waals surface area contributed by atoms with Gasteiger partial charge < -0.3 is 4.52 Å². The van der Waals surface area contributed by atoms with E-state index in [1.54, 1.807) is 0 Å². The molecule has 1 nitrogen and oxygen atoms in total. The molecule has 1 saturated heterocycles. The Balaban J connectivity index is 2.60. The molecule has 1 rings (SSSR count). The molecular weight excluding hydrogens is 171 g/mol. The summed E-state index contributed by atoms with van der Waals surface area (Å²) in [4.78, 5) is 0. The first kappa shape index (κ1) is 7.63. The fourth-order valence-corrected chi connectivity index (χ4v) is 3.24. The summed E-state index contributed by atoms with van der Waals surface area (Å²) >= 11 is 9.18. The molecule has 0 spiro atoms. The molecule has 4 heteroatoms. The van der Waals surface area contributed by atoms with E-state index in [9.17, 15) is 0 Å². The zero-order valence-corrected chi connectivity index (χ0v) is 7.39. The average molecular weight is 178 g/mol. The van der Waals surface area contributed by atoms with Gasteiger partial charge in [0.1, 0.15) is 11.6 Å². The molecule has 2 unspecified atom stereocenters. The fraction of sp³-hybridized carbons (Fsp3) is 0.600. The van der Waals surface area contributed by atoms with Crippen LogP contribution in [0.3, 0.4) is 0 Å². The van der Waals surface area contributed by atoms with E-state index in [-0.39, 0.29) is 6.10 Å². The second kappa shape index (κ2) is 2.64. The first-order valence-electron chi connectivity index (χ1n) is 2.60. The molecule has 1 heterocycles. The Morgan fingerprint density at radius 1 is 1.89 bits per heavy atom. The highest BCUT2D eigenvalue weighted by molar-refractivity contribution is 8.61. The number of hydrogen-bond donors (Lipinski definition) is 1. The molecule has 0 N–H and O–H groups in total. The maximum Gasteiger partial charge on any atom is 0.124 e. The van der Waals surface area contributed by atoms with Gasteiger partial charge in [-0.1, -0.05) is 17.7 Å². The highest BCUT2D eigenvalue weighted by atomic mass is 32.9. The fourth-order valence-electron chi connectivity index (χ4n) is 0.698. The Morgan fingerprint density at radius 2 is 2.56 bits per heavy atom. The van der Waals surface area contributed by atoms with Gasteiger partial charge >= 0.3 is 0 Å². The van der Waals surface area contributed by atoms with Crippen molar-refractivity contribution in [2.75, 3.05) is 6.16 Å². The van der Waals surface area contributed by atoms with Gasteiger partial charge in [-0.2, -0.15) is 0 Å². The van der Waals surface area contributed by atoms with Crippen LogP contribution in [0.1, 0.15) is 6.42 Å². The molecule has 0 aromatic heterocycles. The van der Waals surface area contributed by atoms with Crippen LogP contribution in [0.15, 0.2) is 0 Å². The van der Waals surface area contributed by atoms with Crippen molar-refractivity contribution in [2.45, 2.75) is 12.5 Å². The monoisotopic (exact) mass is 178 g/mol. The molecule has 1 aliphatic heterocycles. The molecule has 0 aromatic carbocycles. The Morgan fingerprint density at radius 3 is 2.78 bits per heavy atom. The predicted molar refractivity (Wildman–Crippen MR) is 46.5 cm³/mol. The van der Waals surface area contributed by atoms with E-state index in [0.717, 1.165) is 12.6 Å². The smallest absolute Gasteiger partial charge is 0.124 e. The Hall–Kier alpha value is 0.520. The van der Waals surface area contributed by atoms with Crippen molar-refractivity contribution < 1.29 is 4.52 Å². The third-order valence-corrected chi connectivity index (χ3v) is 4.25. The van der Waals surface area contributed by atoms with Crippen molar-refractivity contribution in [3.8, 4) is 12.3 Å². The summed E-state index contributed by atoms with van der Waals surface area (Å²) in [7, 11) is 0. The summed E-state index contributed by atoms with van der Waals surface area (Å²) in [5, 5.41) is 0. The van der Waals surface area contributed by atoms with Crippen LogP contribution in [-0.4, -0.2) is 12.3 Å². The molecule has 9 heavy (non-hydrogen) atoms. The molecule has 50 valence electrons. The van der Waals surface area contributed by atoms with Crippen LogP contribution < -0.4 is 0 Å². The molecule has 1 aliphatic rings. The minimum absolute atomic E-state index is 0.0617. The largest absolute Gasteiger partial charge is 0.326 e. The molecule has 0 amide bonds. The van der Waals surface area contributed by atoms with E-state index < -0.39 is 5.47 Å². The summed E-state index contributed by atoms with van der Waals surface area (Å²) in [6.07, 6.45) is 6.82. The average Bonchev–Trinajstić information content (AvgIpc) is 2.10. The number of terminal acetylenes is 1. The molecule has 0 aromatic rings. The van der Waals surface area contributed by atoms with E-state index >= 15 is 0 Å². The minimum Gasteiger partial charge on any atom is -0.326 e. The van der Waals surface area contributed by atoms with Gasteiger partial charge in [0.25, 0.3) is 0 Å². The van der Waals surface area contributed by atoms with E-state index in [1.807, 2.05) is 0 Å². The van der Waals surface area contributed by atoms with Crippen molar-refractivity contribution >= 4 is 29.5 Å². The van der Waals surface area contributed by atoms with Gasteiger partial charge in [-0.15, -0.1) is 18.7 Å². The lowest BCUT2D eigenvalue weighted by atomic mass is 10.3. The summed E-state index contributed by atoms with van der Waals surface area (Å²) < 4.78 is 5.25. The third-order valence-electron chi connectivity index (χ3n) is 1.15. The standard InChI is InChI=1S/C5H7OPS2/c1-2-5-3-4-7(8,9)6-5/h1,5H,3-4H2,(H,8,9). The van der Waals surface area contributed by atoms with Crippen molar-refractivity contribution in [3.05, 3.63) is 0 Å². The molecule has 1 fully saturated rings. The van der Waals surface area contributed by atoms with Crippen LogP contribution in [0, 0.1) is 12.3 Å². The van der Waals surface area contributed by atoms with Gasteiger partial charge in [0.05, 0.1) is 0 Å². The van der Waals surface area contributed by atoms with E-state index in [1.165, 1.54) is 0 Å². The first-order chi connectivity index (χ1) is 4.14. The van der Waals surface area contributed by atoms with Crippen molar-refractivity contribution in [2.24, 2.45) is 0 Å². The summed E-state index contributed by atoms with van der Waals surface area (Å²) in [6.45, 7) is 0. The van der Waals surface area contributed by atoms with Crippen LogP contribution in [0.2, 0.25) is 0 Å². The van der Waals surface area contributed by atoms with E-state index in [2.05, 4.69) is 18.2 Å². The normalized spacial score (nSPS) is 42.4. The van der Waals surface area contributed by atoms with Crippen LogP contribution >= 0.6 is 17.7 Å². The summed E-state index contributed by atoms with van der Waals surface area (Å²) in [5.74, 6) is 2.51. The van der Waals surface area contributed by atoms with Crippen LogP contribution in [0.4, 0.5) is 0 Å². The lowest BCUT2D eigenvalue weighted by molar-refractivity contribution is 0.320. The Labute approximate surface area is 65.4 Å². The number of thiol groups is 1. The minimum atomic E-state index is -1.73. The molecule has 0 saturated carbocycles. The Kier molecular flexibility index (Phi) is 2.23. The van der Waals surface area contributed by atoms with E-state index in [0.29, 0.717) is 0 Å². The van der Waals surface area contributed by atoms with Gasteiger partial charge in [0, 0.05) is 6.16 Å². The SMILES string of the molecule is C#CC1CCP(=S)(S)O1. The second-order valence-electron chi connectivity index (χ2n) is 1.91. The number of rotatable bonds is 0. The maximum atomic E-state index is 5.25. The van der Waals surface area contributed by atoms with Crippen LogP contribution in [-0.2, 0) is 16.3 Å². The predicted octanol–water partition coefficient (Wildman–Crippen LogP) is 1.65. The topological polar surface area (TPSA) is 9.23 Å². The molecule has 0 radical (unpaired) electrons. The lowest BCUT2D eigenvalue weighted by Gasteiger charge is -2.05. The van der Waals surface area contributed by atoms with Gasteiger partial charge in [0.2, 0.25) is 0 Å². The zero-order chi connectivity index (χ0) is 6.91. The van der Waals surface area contributed by atoms with E-state index in [4.69, 9.17) is 22.8 Å². The first-order valence-corrected chi connectivity index (χ1v) is 6.66. The highest BCUT2D eigenvalue weighted by Gasteiger charge is 2.26. The van der Waals surface area contributed by atoms with Crippen LogP contribution in [0.25, 0.3) is 0 Å². The third kappa shape index (κ3) is 1.98. The maximum absolute atomic E-state index is 5.25. The van der Waals surface area contributed by atoms with Crippen molar-refractivity contribution in [1.82, 2.24) is 0 Å².